The third kappa shape index (κ3) is 4.03. The van der Waals surface area contributed by atoms with Gasteiger partial charge in [-0.25, -0.2) is 8.42 Å². The first-order chi connectivity index (χ1) is 8.21. The lowest BCUT2D eigenvalue weighted by Crippen LogP contribution is -2.22. The average Bonchev–Trinajstić information content (AvgIpc) is 2.24. The molecular weight excluding hydrogens is 272 g/mol. The number of carbonyl (C=O) groups is 1. The van der Waals surface area contributed by atoms with Crippen molar-refractivity contribution in [1.82, 2.24) is 0 Å². The Morgan fingerprint density at radius 1 is 1.22 bits per heavy atom. The minimum Gasteiger partial charge on any atom is -0.480 e. The number of hydrogen-bond donors (Lipinski definition) is 1. The first-order valence-electron chi connectivity index (χ1n) is 5.41. The molecular formula is C12H16O4S2. The number of carboxylic acid groups (broad SMARTS) is 1. The van der Waals surface area contributed by atoms with E-state index >= 15 is 0 Å². The third-order valence-electron chi connectivity index (χ3n) is 2.36. The zero-order valence-electron chi connectivity index (χ0n) is 10.5. The van der Waals surface area contributed by atoms with Crippen LogP contribution < -0.4 is 0 Å². The van der Waals surface area contributed by atoms with Gasteiger partial charge in [0.15, 0.2) is 9.84 Å². The number of rotatable bonds is 5. The number of aliphatic carboxylic acids is 1. The van der Waals surface area contributed by atoms with Gasteiger partial charge in [-0.1, -0.05) is 13.8 Å². The standard InChI is InChI=1S/C12H16O4S2/c1-8(2)11(12(13)14)17-9-4-6-10(7-5-9)18(3,15)16/h4-8,11H,1-3H3,(H,13,14). The fourth-order valence-electron chi connectivity index (χ4n) is 1.38. The molecule has 0 fully saturated rings. The minimum absolute atomic E-state index is 0.00193. The maximum absolute atomic E-state index is 11.3. The Labute approximate surface area is 111 Å². The molecule has 0 aliphatic rings. The lowest BCUT2D eigenvalue weighted by molar-refractivity contribution is -0.137. The monoisotopic (exact) mass is 288 g/mol. The highest BCUT2D eigenvalue weighted by atomic mass is 32.2. The first-order valence-corrected chi connectivity index (χ1v) is 8.18. The van der Waals surface area contributed by atoms with Crippen molar-refractivity contribution >= 4 is 27.6 Å². The summed E-state index contributed by atoms with van der Waals surface area (Å²) >= 11 is 1.23. The van der Waals surface area contributed by atoms with Gasteiger partial charge in [-0.2, -0.15) is 0 Å². The summed E-state index contributed by atoms with van der Waals surface area (Å²) in [6, 6.07) is 6.27. The molecule has 0 aliphatic carbocycles. The van der Waals surface area contributed by atoms with E-state index in [1.165, 1.54) is 23.9 Å². The molecule has 0 amide bonds. The van der Waals surface area contributed by atoms with E-state index in [2.05, 4.69) is 0 Å². The molecule has 1 aromatic rings. The van der Waals surface area contributed by atoms with E-state index in [1.807, 2.05) is 13.8 Å². The van der Waals surface area contributed by atoms with Crippen molar-refractivity contribution in [1.29, 1.82) is 0 Å². The second-order valence-corrected chi connectivity index (χ2v) is 7.59. The van der Waals surface area contributed by atoms with Crippen LogP contribution in [0.15, 0.2) is 34.1 Å². The van der Waals surface area contributed by atoms with Gasteiger partial charge in [0, 0.05) is 11.2 Å². The van der Waals surface area contributed by atoms with Crippen LogP contribution in [0.2, 0.25) is 0 Å². The van der Waals surface area contributed by atoms with Crippen LogP contribution in [0.5, 0.6) is 0 Å². The molecule has 1 unspecified atom stereocenters. The highest BCUT2D eigenvalue weighted by Crippen LogP contribution is 2.29. The Morgan fingerprint density at radius 3 is 2.06 bits per heavy atom. The number of sulfone groups is 1. The first kappa shape index (κ1) is 15.0. The van der Waals surface area contributed by atoms with Gasteiger partial charge in [-0.3, -0.25) is 4.79 Å². The fourth-order valence-corrected chi connectivity index (χ4v) is 2.97. The molecule has 1 N–H and O–H groups in total. The number of benzene rings is 1. The summed E-state index contributed by atoms with van der Waals surface area (Å²) in [5, 5.41) is 8.54. The maximum atomic E-state index is 11.3. The van der Waals surface area contributed by atoms with Crippen LogP contribution >= 0.6 is 11.8 Å². The molecule has 1 atom stereocenters. The summed E-state index contributed by atoms with van der Waals surface area (Å²) in [5.74, 6) is -0.857. The van der Waals surface area contributed by atoms with Crippen LogP contribution in [0.3, 0.4) is 0 Å². The van der Waals surface area contributed by atoms with Crippen LogP contribution in [0.25, 0.3) is 0 Å². The Bertz CT molecular complexity index is 518. The predicted molar refractivity (Wildman–Crippen MR) is 71.7 cm³/mol. The zero-order chi connectivity index (χ0) is 13.9. The van der Waals surface area contributed by atoms with Crippen LogP contribution in [-0.4, -0.2) is 31.0 Å². The fraction of sp³-hybridized carbons (Fsp3) is 0.417. The predicted octanol–water partition coefficient (Wildman–Crippen LogP) is 2.29. The second-order valence-electron chi connectivity index (χ2n) is 4.36. The molecule has 0 heterocycles. The molecule has 0 bridgehead atoms. The van der Waals surface area contributed by atoms with Crippen molar-refractivity contribution in [2.24, 2.45) is 5.92 Å². The van der Waals surface area contributed by atoms with Gasteiger partial charge in [0.1, 0.15) is 5.25 Å². The van der Waals surface area contributed by atoms with Crippen LogP contribution in [0.4, 0.5) is 0 Å². The van der Waals surface area contributed by atoms with Gasteiger partial charge >= 0.3 is 5.97 Å². The van der Waals surface area contributed by atoms with E-state index in [9.17, 15) is 13.2 Å². The molecule has 100 valence electrons. The van der Waals surface area contributed by atoms with Gasteiger partial charge in [0.05, 0.1) is 4.90 Å². The molecule has 0 saturated carbocycles. The van der Waals surface area contributed by atoms with Crippen molar-refractivity contribution in [3.63, 3.8) is 0 Å². The molecule has 4 nitrogen and oxygen atoms in total. The summed E-state index contributed by atoms with van der Waals surface area (Å²) in [4.78, 5) is 12.0. The van der Waals surface area contributed by atoms with E-state index in [1.54, 1.807) is 12.1 Å². The van der Waals surface area contributed by atoms with Crippen molar-refractivity contribution in [3.8, 4) is 0 Å². The Morgan fingerprint density at radius 2 is 1.72 bits per heavy atom. The largest absolute Gasteiger partial charge is 0.480 e. The van der Waals surface area contributed by atoms with Gasteiger partial charge in [0.2, 0.25) is 0 Å². The molecule has 0 radical (unpaired) electrons. The molecule has 6 heteroatoms. The summed E-state index contributed by atoms with van der Waals surface area (Å²) < 4.78 is 22.6. The van der Waals surface area contributed by atoms with Gasteiger partial charge in [0.25, 0.3) is 0 Å². The van der Waals surface area contributed by atoms with Crippen molar-refractivity contribution in [2.75, 3.05) is 6.26 Å². The summed E-state index contributed by atoms with van der Waals surface area (Å²) in [6.45, 7) is 3.69. The van der Waals surface area contributed by atoms with E-state index in [4.69, 9.17) is 5.11 Å². The minimum atomic E-state index is -3.21. The molecule has 0 saturated heterocycles. The SMILES string of the molecule is CC(C)C(Sc1ccc(S(C)(=O)=O)cc1)C(=O)O. The smallest absolute Gasteiger partial charge is 0.317 e. The van der Waals surface area contributed by atoms with Crippen LogP contribution in [-0.2, 0) is 14.6 Å². The highest BCUT2D eigenvalue weighted by Gasteiger charge is 2.22. The normalized spacial score (nSPS) is 13.6. The molecule has 0 spiro atoms. The van der Waals surface area contributed by atoms with E-state index in [0.717, 1.165) is 11.2 Å². The van der Waals surface area contributed by atoms with Crippen molar-refractivity contribution in [3.05, 3.63) is 24.3 Å². The van der Waals surface area contributed by atoms with Crippen LogP contribution in [0.1, 0.15) is 13.8 Å². The number of thioether (sulfide) groups is 1. The summed E-state index contributed by atoms with van der Waals surface area (Å²) in [7, 11) is -3.21. The summed E-state index contributed by atoms with van der Waals surface area (Å²) in [6.07, 6.45) is 1.14. The van der Waals surface area contributed by atoms with Gasteiger partial charge in [-0.05, 0) is 30.2 Å². The van der Waals surface area contributed by atoms with Gasteiger partial charge in [-0.15, -0.1) is 11.8 Å². The molecule has 18 heavy (non-hydrogen) atoms. The summed E-state index contributed by atoms with van der Waals surface area (Å²) in [5.41, 5.74) is 0. The maximum Gasteiger partial charge on any atom is 0.317 e. The van der Waals surface area contributed by atoms with Crippen molar-refractivity contribution in [2.45, 2.75) is 28.9 Å². The van der Waals surface area contributed by atoms with E-state index in [-0.39, 0.29) is 10.8 Å². The Hall–Kier alpha value is -1.01. The number of carboxylic acids is 1. The van der Waals surface area contributed by atoms with Gasteiger partial charge < -0.3 is 5.11 Å². The lowest BCUT2D eigenvalue weighted by atomic mass is 10.1. The third-order valence-corrected chi connectivity index (χ3v) is 5.04. The Kier molecular flexibility index (Phi) is 4.81. The molecule has 1 aromatic carbocycles. The number of hydrogen-bond acceptors (Lipinski definition) is 4. The van der Waals surface area contributed by atoms with E-state index < -0.39 is 21.1 Å². The van der Waals surface area contributed by atoms with E-state index in [0.29, 0.717) is 0 Å². The topological polar surface area (TPSA) is 71.4 Å². The average molecular weight is 288 g/mol. The molecule has 1 rings (SSSR count). The zero-order valence-corrected chi connectivity index (χ0v) is 12.1. The Balaban J connectivity index is 2.90. The second kappa shape index (κ2) is 5.75. The van der Waals surface area contributed by atoms with Crippen LogP contribution in [0, 0.1) is 5.92 Å². The highest BCUT2D eigenvalue weighted by molar-refractivity contribution is 8.00. The molecule has 0 aromatic heterocycles. The van der Waals surface area contributed by atoms with Crippen molar-refractivity contribution < 1.29 is 18.3 Å². The molecule has 0 aliphatic heterocycles. The quantitative estimate of drug-likeness (QED) is 0.842. The lowest BCUT2D eigenvalue weighted by Gasteiger charge is -2.15.